The Morgan fingerprint density at radius 2 is 2.12 bits per heavy atom. The Hall–Kier alpha value is -2.74. The standard InChI is InChI=1S/C17H21FN4O3/c1-4-10-8-21-22(2)15(10)11-5-12(7-13(18)6-11)16(23)20-9-14(19)17(24)25-3/h5-8,14H,4,9,19H2,1-3H3,(H,20,23)/t14-/m1/s1. The number of hydrogen-bond acceptors (Lipinski definition) is 5. The van der Waals surface area contributed by atoms with E-state index in [1.807, 2.05) is 6.92 Å². The fourth-order valence-corrected chi connectivity index (χ4v) is 2.51. The molecule has 0 unspecified atom stereocenters. The van der Waals surface area contributed by atoms with E-state index in [1.54, 1.807) is 24.0 Å². The van der Waals surface area contributed by atoms with E-state index in [9.17, 15) is 14.0 Å². The molecule has 0 bridgehead atoms. The maximum Gasteiger partial charge on any atom is 0.324 e. The summed E-state index contributed by atoms with van der Waals surface area (Å²) in [5, 5.41) is 6.69. The van der Waals surface area contributed by atoms with Crippen LogP contribution in [0.2, 0.25) is 0 Å². The minimum absolute atomic E-state index is 0.108. The number of rotatable bonds is 6. The Balaban J connectivity index is 2.25. The first-order chi connectivity index (χ1) is 11.9. The maximum atomic E-state index is 14.0. The van der Waals surface area contributed by atoms with Crippen molar-refractivity contribution in [3.05, 3.63) is 41.3 Å². The highest BCUT2D eigenvalue weighted by molar-refractivity contribution is 5.95. The minimum Gasteiger partial charge on any atom is -0.468 e. The molecule has 1 aromatic carbocycles. The third kappa shape index (κ3) is 4.21. The first-order valence-electron chi connectivity index (χ1n) is 7.80. The lowest BCUT2D eigenvalue weighted by Gasteiger charge is -2.12. The number of ether oxygens (including phenoxy) is 1. The predicted molar refractivity (Wildman–Crippen MR) is 90.3 cm³/mol. The highest BCUT2D eigenvalue weighted by atomic mass is 19.1. The molecule has 7 nitrogen and oxygen atoms in total. The van der Waals surface area contributed by atoms with Gasteiger partial charge in [0, 0.05) is 24.7 Å². The fourth-order valence-electron chi connectivity index (χ4n) is 2.51. The molecular weight excluding hydrogens is 327 g/mol. The van der Waals surface area contributed by atoms with Crippen molar-refractivity contribution >= 4 is 11.9 Å². The summed E-state index contributed by atoms with van der Waals surface area (Å²) in [4.78, 5) is 23.5. The van der Waals surface area contributed by atoms with Crippen molar-refractivity contribution in [3.8, 4) is 11.3 Å². The van der Waals surface area contributed by atoms with Crippen LogP contribution in [0, 0.1) is 5.82 Å². The molecule has 25 heavy (non-hydrogen) atoms. The van der Waals surface area contributed by atoms with Crippen LogP contribution < -0.4 is 11.1 Å². The molecule has 1 amide bonds. The molecule has 1 aromatic heterocycles. The number of nitrogens with one attached hydrogen (secondary N) is 1. The average Bonchev–Trinajstić information content (AvgIpc) is 2.98. The Kier molecular flexibility index (Phi) is 5.87. The monoisotopic (exact) mass is 348 g/mol. The third-order valence-corrected chi connectivity index (χ3v) is 3.82. The number of carbonyl (C=O) groups is 2. The summed E-state index contributed by atoms with van der Waals surface area (Å²) >= 11 is 0. The molecule has 0 radical (unpaired) electrons. The van der Waals surface area contributed by atoms with Gasteiger partial charge in [-0.1, -0.05) is 6.92 Å². The van der Waals surface area contributed by atoms with E-state index >= 15 is 0 Å². The van der Waals surface area contributed by atoms with Gasteiger partial charge in [-0.3, -0.25) is 14.3 Å². The van der Waals surface area contributed by atoms with Crippen molar-refractivity contribution < 1.29 is 18.7 Å². The highest BCUT2D eigenvalue weighted by Gasteiger charge is 2.17. The summed E-state index contributed by atoms with van der Waals surface area (Å²) in [5.74, 6) is -1.70. The van der Waals surface area contributed by atoms with Crippen molar-refractivity contribution in [1.29, 1.82) is 0 Å². The molecule has 2 aromatic rings. The molecule has 2 rings (SSSR count). The summed E-state index contributed by atoms with van der Waals surface area (Å²) in [6.07, 6.45) is 2.45. The van der Waals surface area contributed by atoms with Crippen molar-refractivity contribution in [1.82, 2.24) is 15.1 Å². The average molecular weight is 348 g/mol. The van der Waals surface area contributed by atoms with E-state index in [2.05, 4.69) is 15.2 Å². The van der Waals surface area contributed by atoms with E-state index in [-0.39, 0.29) is 12.1 Å². The van der Waals surface area contributed by atoms with Gasteiger partial charge in [-0.05, 0) is 30.2 Å². The lowest BCUT2D eigenvalue weighted by molar-refractivity contribution is -0.141. The van der Waals surface area contributed by atoms with E-state index in [0.29, 0.717) is 5.56 Å². The number of nitrogens with zero attached hydrogens (tertiary/aromatic N) is 2. The van der Waals surface area contributed by atoms with Crippen LogP contribution in [0.1, 0.15) is 22.8 Å². The van der Waals surface area contributed by atoms with Gasteiger partial charge < -0.3 is 15.8 Å². The Labute approximate surface area is 145 Å². The normalized spacial score (nSPS) is 11.9. The number of hydrogen-bond donors (Lipinski definition) is 2. The third-order valence-electron chi connectivity index (χ3n) is 3.82. The second-order valence-corrected chi connectivity index (χ2v) is 5.56. The van der Waals surface area contributed by atoms with Crippen LogP contribution in [0.15, 0.2) is 24.4 Å². The largest absolute Gasteiger partial charge is 0.468 e. The molecule has 0 spiro atoms. The lowest BCUT2D eigenvalue weighted by atomic mass is 10.0. The molecule has 0 aliphatic rings. The van der Waals surface area contributed by atoms with Gasteiger partial charge in [0.25, 0.3) is 5.91 Å². The zero-order valence-corrected chi connectivity index (χ0v) is 14.4. The van der Waals surface area contributed by atoms with Crippen molar-refractivity contribution in [2.24, 2.45) is 12.8 Å². The van der Waals surface area contributed by atoms with Crippen LogP contribution in [-0.2, 0) is 23.0 Å². The van der Waals surface area contributed by atoms with Gasteiger partial charge in [0.15, 0.2) is 0 Å². The summed E-state index contributed by atoms with van der Waals surface area (Å²) in [7, 11) is 2.97. The number of nitrogens with two attached hydrogens (primary N) is 1. The quantitative estimate of drug-likeness (QED) is 0.759. The number of benzene rings is 1. The van der Waals surface area contributed by atoms with Gasteiger partial charge >= 0.3 is 5.97 Å². The van der Waals surface area contributed by atoms with Crippen LogP contribution in [0.25, 0.3) is 11.3 Å². The van der Waals surface area contributed by atoms with E-state index in [1.165, 1.54) is 13.2 Å². The molecule has 0 aliphatic heterocycles. The molecule has 0 saturated carbocycles. The van der Waals surface area contributed by atoms with Crippen LogP contribution in [0.4, 0.5) is 4.39 Å². The minimum atomic E-state index is -0.981. The SMILES string of the molecule is CCc1cnn(C)c1-c1cc(F)cc(C(=O)NC[C@@H](N)C(=O)OC)c1. The first kappa shape index (κ1) is 18.6. The maximum absolute atomic E-state index is 14.0. The number of halogens is 1. The highest BCUT2D eigenvalue weighted by Crippen LogP contribution is 2.25. The molecule has 8 heteroatoms. The summed E-state index contributed by atoms with van der Waals surface area (Å²) in [6.45, 7) is 1.87. The van der Waals surface area contributed by atoms with Crippen LogP contribution in [-0.4, -0.2) is 41.4 Å². The summed E-state index contributed by atoms with van der Waals surface area (Å²) < 4.78 is 20.2. The number of aromatic nitrogens is 2. The number of aryl methyl sites for hydroxylation is 2. The van der Waals surface area contributed by atoms with E-state index in [0.717, 1.165) is 23.7 Å². The molecule has 134 valence electrons. The fraction of sp³-hybridized carbons (Fsp3) is 0.353. The number of carbonyl (C=O) groups excluding carboxylic acids is 2. The molecular formula is C17H21FN4O3. The van der Waals surface area contributed by atoms with Crippen molar-refractivity contribution in [2.45, 2.75) is 19.4 Å². The zero-order chi connectivity index (χ0) is 18.6. The lowest BCUT2D eigenvalue weighted by Crippen LogP contribution is -2.43. The Morgan fingerprint density at radius 1 is 1.40 bits per heavy atom. The van der Waals surface area contributed by atoms with Gasteiger partial charge in [0.2, 0.25) is 0 Å². The zero-order valence-electron chi connectivity index (χ0n) is 14.4. The van der Waals surface area contributed by atoms with E-state index in [4.69, 9.17) is 5.73 Å². The molecule has 0 saturated heterocycles. The molecule has 0 fully saturated rings. The van der Waals surface area contributed by atoms with Gasteiger partial charge in [0.05, 0.1) is 19.0 Å². The molecule has 3 N–H and O–H groups in total. The second-order valence-electron chi connectivity index (χ2n) is 5.56. The number of methoxy groups -OCH3 is 1. The van der Waals surface area contributed by atoms with Crippen LogP contribution in [0.5, 0.6) is 0 Å². The number of esters is 1. The topological polar surface area (TPSA) is 99.2 Å². The molecule has 1 heterocycles. The van der Waals surface area contributed by atoms with Gasteiger partial charge in [-0.25, -0.2) is 4.39 Å². The predicted octanol–water partition coefficient (Wildman–Crippen LogP) is 1.02. The van der Waals surface area contributed by atoms with Gasteiger partial charge in [-0.15, -0.1) is 0 Å². The van der Waals surface area contributed by atoms with Crippen molar-refractivity contribution in [2.75, 3.05) is 13.7 Å². The molecule has 0 aliphatic carbocycles. The van der Waals surface area contributed by atoms with Gasteiger partial charge in [0.1, 0.15) is 11.9 Å². The summed E-state index contributed by atoms with van der Waals surface area (Å²) in [5.41, 5.74) is 7.97. The second kappa shape index (κ2) is 7.89. The number of amides is 1. The van der Waals surface area contributed by atoms with E-state index < -0.39 is 23.7 Å². The van der Waals surface area contributed by atoms with Crippen LogP contribution in [0.3, 0.4) is 0 Å². The van der Waals surface area contributed by atoms with Gasteiger partial charge in [-0.2, -0.15) is 5.10 Å². The first-order valence-corrected chi connectivity index (χ1v) is 7.80. The Bertz CT molecular complexity index is 788. The summed E-state index contributed by atoms with van der Waals surface area (Å²) in [6, 6.07) is 3.08. The Morgan fingerprint density at radius 3 is 2.76 bits per heavy atom. The van der Waals surface area contributed by atoms with Crippen LogP contribution >= 0.6 is 0 Å². The molecule has 1 atom stereocenters. The smallest absolute Gasteiger partial charge is 0.324 e. The van der Waals surface area contributed by atoms with Crippen molar-refractivity contribution in [3.63, 3.8) is 0 Å².